The van der Waals surface area contributed by atoms with Crippen molar-refractivity contribution in [3.63, 3.8) is 0 Å². The Bertz CT molecular complexity index is 365. The van der Waals surface area contributed by atoms with Gasteiger partial charge in [-0.25, -0.2) is 4.98 Å². The zero-order valence-corrected chi connectivity index (χ0v) is 8.71. The molecule has 2 heterocycles. The average molecular weight is 226 g/mol. The molecule has 2 N–H and O–H groups in total. The second-order valence-electron chi connectivity index (χ2n) is 3.06. The lowest BCUT2D eigenvalue weighted by molar-refractivity contribution is -0.130. The fraction of sp³-hybridized carbons (Fsp3) is 0.375. The molecule has 1 aliphatic heterocycles. The van der Waals surface area contributed by atoms with Gasteiger partial charge in [0, 0.05) is 12.4 Å². The maximum atomic E-state index is 11.4. The molecule has 0 atom stereocenters. The van der Waals surface area contributed by atoms with Crippen molar-refractivity contribution in [1.82, 2.24) is 14.9 Å². The van der Waals surface area contributed by atoms with E-state index in [1.54, 1.807) is 12.4 Å². The van der Waals surface area contributed by atoms with Crippen molar-refractivity contribution in [2.75, 3.05) is 23.5 Å². The van der Waals surface area contributed by atoms with Crippen LogP contribution in [0.15, 0.2) is 12.4 Å². The Morgan fingerprint density at radius 2 is 2.60 bits per heavy atom. The Labute approximate surface area is 90.4 Å². The van der Waals surface area contributed by atoms with Crippen molar-refractivity contribution in [3.05, 3.63) is 12.4 Å². The minimum Gasteiger partial charge on any atom is -0.331 e. The Balaban J connectivity index is 1.84. The van der Waals surface area contributed by atoms with Crippen molar-refractivity contribution >= 4 is 29.5 Å². The monoisotopic (exact) mass is 226 g/mol. The molecular formula is C8H10N4O2S. The van der Waals surface area contributed by atoms with Crippen LogP contribution in [-0.4, -0.2) is 44.9 Å². The highest BCUT2D eigenvalue weighted by molar-refractivity contribution is 8.00. The lowest BCUT2D eigenvalue weighted by Gasteiger charge is -2.12. The Kier molecular flexibility index (Phi) is 2.91. The smallest absolute Gasteiger partial charge is 0.246 e. The van der Waals surface area contributed by atoms with Gasteiger partial charge in [-0.05, 0) is 0 Å². The highest BCUT2D eigenvalue weighted by Crippen LogP contribution is 2.14. The van der Waals surface area contributed by atoms with E-state index in [9.17, 15) is 9.59 Å². The summed E-state index contributed by atoms with van der Waals surface area (Å²) in [7, 11) is 0. The predicted molar refractivity (Wildman–Crippen MR) is 56.3 cm³/mol. The molecule has 7 heteroatoms. The highest BCUT2D eigenvalue weighted by Gasteiger charge is 2.22. The first-order valence-corrected chi connectivity index (χ1v) is 5.56. The van der Waals surface area contributed by atoms with Gasteiger partial charge in [-0.1, -0.05) is 0 Å². The van der Waals surface area contributed by atoms with Crippen LogP contribution in [0.2, 0.25) is 0 Å². The lowest BCUT2D eigenvalue weighted by atomic mass is 10.5. The first-order valence-electron chi connectivity index (χ1n) is 4.40. The van der Waals surface area contributed by atoms with Gasteiger partial charge in [0.25, 0.3) is 0 Å². The highest BCUT2D eigenvalue weighted by atomic mass is 32.2. The molecule has 0 spiro atoms. The van der Waals surface area contributed by atoms with Crippen molar-refractivity contribution in [2.24, 2.45) is 0 Å². The maximum absolute atomic E-state index is 11.4. The van der Waals surface area contributed by atoms with E-state index >= 15 is 0 Å². The number of aromatic nitrogens is 2. The largest absolute Gasteiger partial charge is 0.331 e. The summed E-state index contributed by atoms with van der Waals surface area (Å²) >= 11 is 1.51. The molecule has 1 aromatic rings. The number of aromatic amines is 1. The minimum atomic E-state index is -0.235. The summed E-state index contributed by atoms with van der Waals surface area (Å²) in [5, 5.41) is 2.56. The molecule has 0 unspecified atom stereocenters. The van der Waals surface area contributed by atoms with Crippen LogP contribution in [0, 0.1) is 0 Å². The Morgan fingerprint density at radius 1 is 1.73 bits per heavy atom. The normalized spacial score (nSPS) is 15.7. The molecule has 6 nitrogen and oxygen atoms in total. The number of nitrogens with one attached hydrogen (secondary N) is 2. The second-order valence-corrected chi connectivity index (χ2v) is 4.01. The van der Waals surface area contributed by atoms with Gasteiger partial charge in [-0.2, -0.15) is 0 Å². The number of rotatable bonds is 3. The van der Waals surface area contributed by atoms with Crippen molar-refractivity contribution in [3.8, 4) is 0 Å². The van der Waals surface area contributed by atoms with Crippen LogP contribution in [-0.2, 0) is 9.59 Å². The molecule has 1 fully saturated rings. The molecule has 1 aromatic heterocycles. The van der Waals surface area contributed by atoms with Gasteiger partial charge in [-0.3, -0.25) is 14.9 Å². The molecule has 1 saturated heterocycles. The standard InChI is InChI=1S/C8H10N4O2S/c13-6(11-8-9-1-2-10-8)3-12-5-15-4-7(12)14/h1-2H,3-5H2,(H2,9,10,11,13). The van der Waals surface area contributed by atoms with Crippen molar-refractivity contribution in [2.45, 2.75) is 0 Å². The van der Waals surface area contributed by atoms with Crippen molar-refractivity contribution < 1.29 is 9.59 Å². The number of hydrogen-bond acceptors (Lipinski definition) is 4. The SMILES string of the molecule is O=C(CN1CSCC1=O)Nc1ncc[nH]1. The number of thioether (sulfide) groups is 1. The average Bonchev–Trinajstić information content (AvgIpc) is 2.79. The third-order valence-corrected chi connectivity index (χ3v) is 2.86. The van der Waals surface area contributed by atoms with Gasteiger partial charge in [0.05, 0.1) is 11.6 Å². The van der Waals surface area contributed by atoms with Crippen LogP contribution < -0.4 is 5.32 Å². The van der Waals surface area contributed by atoms with E-state index in [1.165, 1.54) is 16.7 Å². The van der Waals surface area contributed by atoms with Crippen LogP contribution in [0.1, 0.15) is 0 Å². The number of anilines is 1. The third-order valence-electron chi connectivity index (χ3n) is 1.92. The molecule has 0 aliphatic carbocycles. The van der Waals surface area contributed by atoms with Gasteiger partial charge < -0.3 is 9.88 Å². The third kappa shape index (κ3) is 2.50. The van der Waals surface area contributed by atoms with Gasteiger partial charge in [0.15, 0.2) is 0 Å². The predicted octanol–water partition coefficient (Wildman–Crippen LogP) is -0.119. The Morgan fingerprint density at radius 3 is 3.20 bits per heavy atom. The van der Waals surface area contributed by atoms with E-state index < -0.39 is 0 Å². The van der Waals surface area contributed by atoms with E-state index in [0.29, 0.717) is 17.6 Å². The number of amides is 2. The van der Waals surface area contributed by atoms with Crippen LogP contribution in [0.3, 0.4) is 0 Å². The fourth-order valence-electron chi connectivity index (χ4n) is 1.22. The molecular weight excluding hydrogens is 216 g/mol. The topological polar surface area (TPSA) is 78.1 Å². The van der Waals surface area contributed by atoms with Gasteiger partial charge >= 0.3 is 0 Å². The number of carbonyl (C=O) groups excluding carboxylic acids is 2. The number of imidazole rings is 1. The maximum Gasteiger partial charge on any atom is 0.246 e. The number of nitrogens with zero attached hydrogens (tertiary/aromatic N) is 2. The van der Waals surface area contributed by atoms with Gasteiger partial charge in [0.1, 0.15) is 6.54 Å². The van der Waals surface area contributed by atoms with Crippen LogP contribution in [0.25, 0.3) is 0 Å². The second kappa shape index (κ2) is 4.35. The fourth-order valence-corrected chi connectivity index (χ4v) is 2.12. The molecule has 0 bridgehead atoms. The number of hydrogen-bond donors (Lipinski definition) is 2. The molecule has 15 heavy (non-hydrogen) atoms. The minimum absolute atomic E-state index is 0.00888. The summed E-state index contributed by atoms with van der Waals surface area (Å²) in [6, 6.07) is 0. The summed E-state index contributed by atoms with van der Waals surface area (Å²) in [5.41, 5.74) is 0. The van der Waals surface area contributed by atoms with Gasteiger partial charge in [0.2, 0.25) is 17.8 Å². The summed E-state index contributed by atoms with van der Waals surface area (Å²) in [6.45, 7) is 0.0898. The molecule has 2 amide bonds. The van der Waals surface area contributed by atoms with Crippen molar-refractivity contribution in [1.29, 1.82) is 0 Å². The van der Waals surface area contributed by atoms with E-state index in [4.69, 9.17) is 0 Å². The number of carbonyl (C=O) groups is 2. The first-order chi connectivity index (χ1) is 7.25. The zero-order valence-electron chi connectivity index (χ0n) is 7.90. The molecule has 0 radical (unpaired) electrons. The quantitative estimate of drug-likeness (QED) is 0.753. The molecule has 1 aliphatic rings. The summed E-state index contributed by atoms with van der Waals surface area (Å²) in [6.07, 6.45) is 3.17. The van der Waals surface area contributed by atoms with E-state index in [1.807, 2.05) is 0 Å². The summed E-state index contributed by atoms with van der Waals surface area (Å²) < 4.78 is 0. The van der Waals surface area contributed by atoms with Crippen LogP contribution in [0.4, 0.5) is 5.95 Å². The lowest BCUT2D eigenvalue weighted by Crippen LogP contribution is -2.34. The first kappa shape index (κ1) is 10.0. The molecule has 80 valence electrons. The van der Waals surface area contributed by atoms with Crippen LogP contribution in [0.5, 0.6) is 0 Å². The van der Waals surface area contributed by atoms with Crippen LogP contribution >= 0.6 is 11.8 Å². The summed E-state index contributed by atoms with van der Waals surface area (Å²) in [5.74, 6) is 1.23. The summed E-state index contributed by atoms with van der Waals surface area (Å²) in [4.78, 5) is 30.8. The zero-order chi connectivity index (χ0) is 10.7. The van der Waals surface area contributed by atoms with E-state index in [2.05, 4.69) is 15.3 Å². The van der Waals surface area contributed by atoms with E-state index in [0.717, 1.165) is 0 Å². The van der Waals surface area contributed by atoms with Gasteiger partial charge in [-0.15, -0.1) is 11.8 Å². The molecule has 0 aromatic carbocycles. The molecule has 2 rings (SSSR count). The molecule has 0 saturated carbocycles. The van der Waals surface area contributed by atoms with E-state index in [-0.39, 0.29) is 18.4 Å². The number of H-pyrrole nitrogens is 1. The Hall–Kier alpha value is -1.50.